The number of imidazole rings is 1. The number of allylic oxidation sites excluding steroid dienone is 1. The second kappa shape index (κ2) is 12.7. The van der Waals surface area contributed by atoms with Crippen LogP contribution >= 0.6 is 0 Å². The summed E-state index contributed by atoms with van der Waals surface area (Å²) < 4.78 is 24.2. The molecule has 4 rings (SSSR count). The van der Waals surface area contributed by atoms with E-state index in [0.717, 1.165) is 35.3 Å². The highest BCUT2D eigenvalue weighted by atomic mass is 16.5. The monoisotopic (exact) mass is 515 g/mol. The molecule has 4 aromatic rings. The van der Waals surface area contributed by atoms with Gasteiger partial charge in [-0.3, -0.25) is 4.79 Å². The molecule has 0 saturated heterocycles. The number of carbonyl (C=O) groups is 1. The summed E-state index contributed by atoms with van der Waals surface area (Å²) in [6.07, 6.45) is 3.38. The molecule has 0 aliphatic heterocycles. The van der Waals surface area contributed by atoms with Crippen LogP contribution < -0.4 is 24.3 Å². The van der Waals surface area contributed by atoms with Gasteiger partial charge in [-0.05, 0) is 60.9 Å². The van der Waals surface area contributed by atoms with E-state index in [1.807, 2.05) is 48.5 Å². The summed E-state index contributed by atoms with van der Waals surface area (Å²) in [7, 11) is 4.74. The van der Waals surface area contributed by atoms with E-state index in [2.05, 4.69) is 16.5 Å². The Morgan fingerprint density at radius 3 is 2.45 bits per heavy atom. The largest absolute Gasteiger partial charge is 0.493 e. The van der Waals surface area contributed by atoms with Crippen molar-refractivity contribution in [3.05, 3.63) is 90.3 Å². The van der Waals surface area contributed by atoms with Crippen molar-refractivity contribution < 1.29 is 23.7 Å². The zero-order valence-corrected chi connectivity index (χ0v) is 22.0. The topological polar surface area (TPSA) is 83.8 Å². The molecule has 8 nitrogen and oxygen atoms in total. The number of para-hydroxylation sites is 2. The molecule has 38 heavy (non-hydrogen) atoms. The van der Waals surface area contributed by atoms with Crippen molar-refractivity contribution in [3.8, 4) is 23.0 Å². The molecule has 0 unspecified atom stereocenters. The first-order chi connectivity index (χ1) is 18.6. The molecule has 0 saturated carbocycles. The third-order valence-electron chi connectivity index (χ3n) is 6.18. The van der Waals surface area contributed by atoms with Gasteiger partial charge in [-0.1, -0.05) is 24.3 Å². The molecule has 0 aliphatic carbocycles. The molecule has 0 bridgehead atoms. The van der Waals surface area contributed by atoms with Crippen LogP contribution in [0.3, 0.4) is 0 Å². The zero-order chi connectivity index (χ0) is 26.9. The van der Waals surface area contributed by atoms with Crippen LogP contribution in [0.5, 0.6) is 23.0 Å². The lowest BCUT2D eigenvalue weighted by Gasteiger charge is -2.14. The molecular weight excluding hydrogens is 482 g/mol. The molecule has 0 spiro atoms. The summed E-state index contributed by atoms with van der Waals surface area (Å²) in [6.45, 7) is 5.25. The highest BCUT2D eigenvalue weighted by Gasteiger charge is 2.14. The summed E-state index contributed by atoms with van der Waals surface area (Å²) in [5, 5.41) is 2.98. The molecule has 3 aromatic carbocycles. The highest BCUT2D eigenvalue weighted by molar-refractivity contribution is 5.94. The summed E-state index contributed by atoms with van der Waals surface area (Å²) in [5.74, 6) is 3.03. The molecule has 1 amide bonds. The fourth-order valence-electron chi connectivity index (χ4n) is 4.28. The van der Waals surface area contributed by atoms with E-state index >= 15 is 0 Å². The van der Waals surface area contributed by atoms with E-state index in [1.165, 1.54) is 0 Å². The number of aryl methyl sites for hydroxylation is 1. The van der Waals surface area contributed by atoms with Gasteiger partial charge in [0.15, 0.2) is 23.0 Å². The number of nitrogens with one attached hydrogen (secondary N) is 1. The number of fused-ring (bicyclic) bond motifs is 1. The lowest BCUT2D eigenvalue weighted by atomic mass is 10.1. The van der Waals surface area contributed by atoms with Gasteiger partial charge in [0.1, 0.15) is 5.82 Å². The average molecular weight is 516 g/mol. The minimum absolute atomic E-state index is 0.222. The molecule has 0 fully saturated rings. The summed E-state index contributed by atoms with van der Waals surface area (Å²) >= 11 is 0. The van der Waals surface area contributed by atoms with Crippen LogP contribution in [0.4, 0.5) is 0 Å². The standard InChI is InChI=1S/C30H33N3O5/c1-5-9-21-12-14-26(27(18-21)36-3)38-17-8-16-33-24-11-7-6-10-23(24)32-29(33)20-31-30(34)22-13-15-25(35-2)28(19-22)37-4/h5-7,10-15,18-19H,1,8-9,16-17,20H2,2-4H3,(H,31,34). The lowest BCUT2D eigenvalue weighted by Crippen LogP contribution is -2.25. The van der Waals surface area contributed by atoms with Crippen LogP contribution in [0, 0.1) is 0 Å². The molecule has 0 radical (unpaired) electrons. The van der Waals surface area contributed by atoms with Gasteiger partial charge < -0.3 is 28.8 Å². The smallest absolute Gasteiger partial charge is 0.251 e. The Balaban J connectivity index is 1.43. The first-order valence-electron chi connectivity index (χ1n) is 12.4. The van der Waals surface area contributed by atoms with Gasteiger partial charge in [0, 0.05) is 12.1 Å². The molecule has 8 heteroatoms. The van der Waals surface area contributed by atoms with Crippen LogP contribution in [0.2, 0.25) is 0 Å². The van der Waals surface area contributed by atoms with Crippen molar-refractivity contribution in [2.45, 2.75) is 25.9 Å². The van der Waals surface area contributed by atoms with Crippen LogP contribution in [-0.2, 0) is 19.5 Å². The second-order valence-corrected chi connectivity index (χ2v) is 8.60. The summed E-state index contributed by atoms with van der Waals surface area (Å²) in [6, 6.07) is 18.9. The zero-order valence-electron chi connectivity index (χ0n) is 22.0. The number of hydrogen-bond acceptors (Lipinski definition) is 6. The van der Waals surface area contributed by atoms with Gasteiger partial charge in [0.25, 0.3) is 5.91 Å². The van der Waals surface area contributed by atoms with E-state index in [4.69, 9.17) is 23.9 Å². The van der Waals surface area contributed by atoms with Gasteiger partial charge in [0.2, 0.25) is 0 Å². The molecule has 1 heterocycles. The number of methoxy groups -OCH3 is 3. The van der Waals surface area contributed by atoms with E-state index < -0.39 is 0 Å². The fourth-order valence-corrected chi connectivity index (χ4v) is 4.28. The molecule has 198 valence electrons. The van der Waals surface area contributed by atoms with Gasteiger partial charge in [-0.15, -0.1) is 6.58 Å². The third-order valence-corrected chi connectivity index (χ3v) is 6.18. The number of carbonyl (C=O) groups excluding carboxylic acids is 1. The number of hydrogen-bond donors (Lipinski definition) is 1. The Labute approximate surface area is 222 Å². The van der Waals surface area contributed by atoms with Crippen LogP contribution in [-0.4, -0.2) is 43.4 Å². The van der Waals surface area contributed by atoms with Crippen molar-refractivity contribution in [2.75, 3.05) is 27.9 Å². The predicted octanol–water partition coefficient (Wildman–Crippen LogP) is 5.19. The van der Waals surface area contributed by atoms with Crippen molar-refractivity contribution >= 4 is 16.9 Å². The summed E-state index contributed by atoms with van der Waals surface area (Å²) in [5.41, 5.74) is 3.48. The Hall–Kier alpha value is -4.46. The molecule has 0 atom stereocenters. The van der Waals surface area contributed by atoms with Crippen molar-refractivity contribution in [1.82, 2.24) is 14.9 Å². The van der Waals surface area contributed by atoms with Crippen LogP contribution in [0.25, 0.3) is 11.0 Å². The molecular formula is C30H33N3O5. The van der Waals surface area contributed by atoms with Gasteiger partial charge >= 0.3 is 0 Å². The summed E-state index contributed by atoms with van der Waals surface area (Å²) in [4.78, 5) is 17.6. The normalized spacial score (nSPS) is 10.7. The Kier molecular flexibility index (Phi) is 8.87. The number of nitrogens with zero attached hydrogens (tertiary/aromatic N) is 2. The maximum absolute atomic E-state index is 12.9. The quantitative estimate of drug-likeness (QED) is 0.195. The second-order valence-electron chi connectivity index (χ2n) is 8.60. The first-order valence-corrected chi connectivity index (χ1v) is 12.4. The number of rotatable bonds is 13. The number of amides is 1. The fraction of sp³-hybridized carbons (Fsp3) is 0.267. The SMILES string of the molecule is C=CCc1ccc(OCCCn2c(CNC(=O)c3ccc(OC)c(OC)c3)nc3ccccc32)c(OC)c1. The third kappa shape index (κ3) is 6.08. The minimum Gasteiger partial charge on any atom is -0.493 e. The first kappa shape index (κ1) is 26.6. The highest BCUT2D eigenvalue weighted by Crippen LogP contribution is 2.29. The number of ether oxygens (including phenoxy) is 4. The Bertz CT molecular complexity index is 1410. The minimum atomic E-state index is -0.222. The maximum Gasteiger partial charge on any atom is 0.251 e. The maximum atomic E-state index is 12.9. The van der Waals surface area contributed by atoms with Gasteiger partial charge in [-0.25, -0.2) is 4.98 Å². The van der Waals surface area contributed by atoms with Crippen LogP contribution in [0.1, 0.15) is 28.2 Å². The molecule has 1 N–H and O–H groups in total. The van der Waals surface area contributed by atoms with E-state index in [1.54, 1.807) is 39.5 Å². The Morgan fingerprint density at radius 1 is 0.947 bits per heavy atom. The van der Waals surface area contributed by atoms with Crippen LogP contribution in [0.15, 0.2) is 73.3 Å². The number of aromatic nitrogens is 2. The molecule has 0 aliphatic rings. The van der Waals surface area contributed by atoms with E-state index in [0.29, 0.717) is 41.7 Å². The average Bonchev–Trinajstić information content (AvgIpc) is 3.31. The van der Waals surface area contributed by atoms with Crippen molar-refractivity contribution in [3.63, 3.8) is 0 Å². The lowest BCUT2D eigenvalue weighted by molar-refractivity contribution is 0.0949. The van der Waals surface area contributed by atoms with Gasteiger partial charge in [0.05, 0.1) is 45.5 Å². The molecule has 1 aromatic heterocycles. The van der Waals surface area contributed by atoms with E-state index in [9.17, 15) is 4.79 Å². The van der Waals surface area contributed by atoms with Gasteiger partial charge in [-0.2, -0.15) is 0 Å². The number of benzene rings is 3. The van der Waals surface area contributed by atoms with Crippen molar-refractivity contribution in [1.29, 1.82) is 0 Å². The van der Waals surface area contributed by atoms with Crippen molar-refractivity contribution in [2.24, 2.45) is 0 Å². The van der Waals surface area contributed by atoms with E-state index in [-0.39, 0.29) is 12.5 Å². The Morgan fingerprint density at radius 2 is 1.68 bits per heavy atom. The predicted molar refractivity (Wildman–Crippen MR) is 147 cm³/mol.